The van der Waals surface area contributed by atoms with E-state index in [-0.39, 0.29) is 6.10 Å². The van der Waals surface area contributed by atoms with Gasteiger partial charge in [-0.2, -0.15) is 0 Å². The Kier molecular flexibility index (Phi) is 4.00. The molecule has 2 aliphatic heterocycles. The number of aromatic nitrogens is 2. The Labute approximate surface area is 110 Å². The van der Waals surface area contributed by atoms with Crippen LogP contribution in [0.15, 0.2) is 0 Å². The van der Waals surface area contributed by atoms with E-state index in [2.05, 4.69) is 25.8 Å². The smallest absolute Gasteiger partial charge is 0.131 e. The van der Waals surface area contributed by atoms with Crippen molar-refractivity contribution in [1.82, 2.24) is 9.97 Å². The van der Waals surface area contributed by atoms with E-state index in [4.69, 9.17) is 9.72 Å². The van der Waals surface area contributed by atoms with Crippen LogP contribution in [0.3, 0.4) is 0 Å². The molecule has 0 saturated carbocycles. The number of rotatable bonds is 1. The lowest BCUT2D eigenvalue weighted by atomic mass is 10.0. The van der Waals surface area contributed by atoms with Crippen LogP contribution in [-0.2, 0) is 11.2 Å². The van der Waals surface area contributed by atoms with Gasteiger partial charge < -0.3 is 4.74 Å². The number of aryl methyl sites for hydroxylation is 1. The minimum Gasteiger partial charge on any atom is -0.368 e. The van der Waals surface area contributed by atoms with Crippen LogP contribution in [0.1, 0.15) is 75.3 Å². The average molecular weight is 248 g/mol. The summed E-state index contributed by atoms with van der Waals surface area (Å²) in [4.78, 5) is 9.33. The van der Waals surface area contributed by atoms with Gasteiger partial charge in [0.25, 0.3) is 0 Å². The minimum absolute atomic E-state index is 0.243. The summed E-state index contributed by atoms with van der Waals surface area (Å²) in [6, 6.07) is 0. The van der Waals surface area contributed by atoms with Gasteiger partial charge in [0.05, 0.1) is 11.8 Å². The number of hydrogen-bond donors (Lipinski definition) is 0. The lowest BCUT2D eigenvalue weighted by Gasteiger charge is -2.25. The van der Waals surface area contributed by atoms with Gasteiger partial charge in [-0.25, -0.2) is 9.97 Å². The number of nitrogens with zero attached hydrogens (tertiary/aromatic N) is 2. The highest BCUT2D eigenvalue weighted by Gasteiger charge is 2.36. The number of fused-ring (bicyclic) bond motifs is 4. The molecule has 0 amide bonds. The summed E-state index contributed by atoms with van der Waals surface area (Å²) < 4.78 is 5.92. The standard InChI is InChI=1S/C13H18N2O.C2H6/c1-7(2)13-14-8(3)10-6-9-4-5-11(16-9)12(10)15-13;1-2/h7,9,11H,4-6H2,1-3H3;1-2H3. The Morgan fingerprint density at radius 1 is 1.17 bits per heavy atom. The second kappa shape index (κ2) is 5.35. The van der Waals surface area contributed by atoms with Crippen molar-refractivity contribution in [1.29, 1.82) is 0 Å². The maximum absolute atomic E-state index is 5.92. The normalized spacial score (nSPS) is 24.6. The molecule has 1 aromatic rings. The van der Waals surface area contributed by atoms with Crippen LogP contribution >= 0.6 is 0 Å². The number of ether oxygens (including phenoxy) is 1. The first-order valence-corrected chi connectivity index (χ1v) is 7.18. The third-order valence-corrected chi connectivity index (χ3v) is 3.62. The van der Waals surface area contributed by atoms with Gasteiger partial charge >= 0.3 is 0 Å². The molecule has 0 aliphatic carbocycles. The molecule has 2 aliphatic rings. The van der Waals surface area contributed by atoms with Crippen LogP contribution in [0, 0.1) is 6.92 Å². The first-order chi connectivity index (χ1) is 8.65. The largest absolute Gasteiger partial charge is 0.368 e. The molecule has 3 rings (SSSR count). The SMILES string of the molecule is CC.Cc1nc(C(C)C)nc2c1CC1CCC2O1. The zero-order chi connectivity index (χ0) is 13.3. The molecule has 2 bridgehead atoms. The van der Waals surface area contributed by atoms with E-state index in [1.54, 1.807) is 0 Å². The molecule has 1 aromatic heterocycles. The predicted molar refractivity (Wildman–Crippen MR) is 72.8 cm³/mol. The molecule has 2 atom stereocenters. The van der Waals surface area contributed by atoms with Gasteiger partial charge in [0.1, 0.15) is 11.9 Å². The highest BCUT2D eigenvalue weighted by molar-refractivity contribution is 5.31. The van der Waals surface area contributed by atoms with E-state index in [1.165, 1.54) is 17.7 Å². The topological polar surface area (TPSA) is 35.0 Å². The van der Waals surface area contributed by atoms with Gasteiger partial charge in [-0.3, -0.25) is 0 Å². The molecule has 1 saturated heterocycles. The van der Waals surface area contributed by atoms with Gasteiger partial charge in [-0.15, -0.1) is 0 Å². The second-order valence-corrected chi connectivity index (χ2v) is 5.21. The Hall–Kier alpha value is -0.960. The molecule has 100 valence electrons. The van der Waals surface area contributed by atoms with Gasteiger partial charge in [0, 0.05) is 23.6 Å². The second-order valence-electron chi connectivity index (χ2n) is 5.21. The molecule has 3 heterocycles. The molecule has 0 aromatic carbocycles. The summed E-state index contributed by atoms with van der Waals surface area (Å²) in [5.74, 6) is 1.35. The van der Waals surface area contributed by atoms with Gasteiger partial charge in [0.15, 0.2) is 0 Å². The zero-order valence-corrected chi connectivity index (χ0v) is 12.2. The summed E-state index contributed by atoms with van der Waals surface area (Å²) in [6.45, 7) is 10.4. The molecular formula is C15H24N2O. The van der Waals surface area contributed by atoms with Crippen molar-refractivity contribution in [3.63, 3.8) is 0 Å². The Balaban J connectivity index is 0.000000574. The Morgan fingerprint density at radius 3 is 2.56 bits per heavy atom. The Bertz CT molecular complexity index is 429. The minimum atomic E-state index is 0.243. The van der Waals surface area contributed by atoms with Crippen LogP contribution in [0.2, 0.25) is 0 Å². The van der Waals surface area contributed by atoms with Gasteiger partial charge in [-0.05, 0) is 19.8 Å². The molecule has 0 N–H and O–H groups in total. The third kappa shape index (κ3) is 2.28. The van der Waals surface area contributed by atoms with Crippen molar-refractivity contribution in [3.05, 3.63) is 22.8 Å². The monoisotopic (exact) mass is 248 g/mol. The van der Waals surface area contributed by atoms with Crippen molar-refractivity contribution >= 4 is 0 Å². The van der Waals surface area contributed by atoms with Crippen molar-refractivity contribution in [2.45, 2.75) is 72.0 Å². The first kappa shape index (κ1) is 13.5. The summed E-state index contributed by atoms with van der Waals surface area (Å²) >= 11 is 0. The van der Waals surface area contributed by atoms with Crippen molar-refractivity contribution in [2.75, 3.05) is 0 Å². The van der Waals surface area contributed by atoms with Crippen LogP contribution in [-0.4, -0.2) is 16.1 Å². The van der Waals surface area contributed by atoms with E-state index in [1.807, 2.05) is 13.8 Å². The predicted octanol–water partition coefficient (Wildman–Crippen LogP) is 3.71. The average Bonchev–Trinajstić information content (AvgIpc) is 2.76. The van der Waals surface area contributed by atoms with Crippen molar-refractivity contribution in [3.8, 4) is 0 Å². The lowest BCUT2D eigenvalue weighted by Crippen LogP contribution is -2.22. The molecule has 0 radical (unpaired) electrons. The molecule has 3 nitrogen and oxygen atoms in total. The fraction of sp³-hybridized carbons (Fsp3) is 0.733. The summed E-state index contributed by atoms with van der Waals surface area (Å²) in [6.07, 6.45) is 3.98. The van der Waals surface area contributed by atoms with Crippen LogP contribution < -0.4 is 0 Å². The third-order valence-electron chi connectivity index (χ3n) is 3.62. The summed E-state index contributed by atoms with van der Waals surface area (Å²) in [7, 11) is 0. The van der Waals surface area contributed by atoms with E-state index < -0.39 is 0 Å². The van der Waals surface area contributed by atoms with Crippen LogP contribution in [0.4, 0.5) is 0 Å². The summed E-state index contributed by atoms with van der Waals surface area (Å²) in [5, 5.41) is 0. The summed E-state index contributed by atoms with van der Waals surface area (Å²) in [5.41, 5.74) is 3.68. The van der Waals surface area contributed by atoms with Crippen LogP contribution in [0.25, 0.3) is 0 Å². The highest BCUT2D eigenvalue weighted by atomic mass is 16.5. The fourth-order valence-corrected chi connectivity index (χ4v) is 2.70. The molecule has 1 fully saturated rings. The molecule has 2 unspecified atom stereocenters. The van der Waals surface area contributed by atoms with E-state index in [0.717, 1.165) is 24.4 Å². The van der Waals surface area contributed by atoms with Crippen LogP contribution in [0.5, 0.6) is 0 Å². The zero-order valence-electron chi connectivity index (χ0n) is 12.2. The van der Waals surface area contributed by atoms with Gasteiger partial charge in [-0.1, -0.05) is 27.7 Å². The molecule has 18 heavy (non-hydrogen) atoms. The highest BCUT2D eigenvalue weighted by Crippen LogP contribution is 2.40. The van der Waals surface area contributed by atoms with Gasteiger partial charge in [0.2, 0.25) is 0 Å². The van der Waals surface area contributed by atoms with E-state index in [9.17, 15) is 0 Å². The van der Waals surface area contributed by atoms with E-state index in [0.29, 0.717) is 12.0 Å². The quantitative estimate of drug-likeness (QED) is 0.760. The number of hydrogen-bond acceptors (Lipinski definition) is 3. The Morgan fingerprint density at radius 2 is 1.89 bits per heavy atom. The molecular weight excluding hydrogens is 224 g/mol. The maximum atomic E-state index is 5.92. The van der Waals surface area contributed by atoms with E-state index >= 15 is 0 Å². The first-order valence-electron chi connectivity index (χ1n) is 7.18. The lowest BCUT2D eigenvalue weighted by molar-refractivity contribution is 0.0287. The fourth-order valence-electron chi connectivity index (χ4n) is 2.70. The molecule has 3 heteroatoms. The maximum Gasteiger partial charge on any atom is 0.131 e. The van der Waals surface area contributed by atoms with Crippen molar-refractivity contribution < 1.29 is 4.74 Å². The molecule has 0 spiro atoms. The van der Waals surface area contributed by atoms with Crippen molar-refractivity contribution in [2.24, 2.45) is 0 Å².